The van der Waals surface area contributed by atoms with Gasteiger partial charge in [0, 0.05) is 13.6 Å². The Kier molecular flexibility index (Phi) is 4.90. The van der Waals surface area contributed by atoms with Crippen LogP contribution in [0.2, 0.25) is 0 Å². The number of aliphatic hydroxyl groups excluding tert-OH is 1. The summed E-state index contributed by atoms with van der Waals surface area (Å²) in [4.78, 5) is 9.08. The van der Waals surface area contributed by atoms with Crippen LogP contribution in [0.5, 0.6) is 0 Å². The monoisotopic (exact) mass is 326 g/mol. The average molecular weight is 326 g/mol. The van der Waals surface area contributed by atoms with E-state index >= 15 is 0 Å². The number of aliphatic hydroxyl groups is 1. The molecule has 7 heteroatoms. The van der Waals surface area contributed by atoms with E-state index in [4.69, 9.17) is 0 Å². The summed E-state index contributed by atoms with van der Waals surface area (Å²) < 4.78 is 1.72. The molecule has 0 saturated carbocycles. The highest BCUT2D eigenvalue weighted by molar-refractivity contribution is 5.87. The van der Waals surface area contributed by atoms with Crippen molar-refractivity contribution < 1.29 is 5.11 Å². The number of aromatic nitrogens is 4. The van der Waals surface area contributed by atoms with Crippen molar-refractivity contribution in [3.8, 4) is 0 Å². The fourth-order valence-corrected chi connectivity index (χ4v) is 2.46. The number of rotatable bonds is 7. The van der Waals surface area contributed by atoms with E-state index in [1.807, 2.05) is 32.2 Å². The van der Waals surface area contributed by atoms with E-state index in [9.17, 15) is 5.11 Å². The summed E-state index contributed by atoms with van der Waals surface area (Å²) >= 11 is 0. The zero-order chi connectivity index (χ0) is 16.9. The smallest absolute Gasteiger partial charge is 0.227 e. The first-order valence-electron chi connectivity index (χ1n) is 8.06. The fourth-order valence-electron chi connectivity index (χ4n) is 2.46. The average Bonchev–Trinajstić information content (AvgIpc) is 3.00. The molecule has 0 aliphatic heterocycles. The number of nitrogens with one attached hydrogen (secondary N) is 2. The van der Waals surface area contributed by atoms with Gasteiger partial charge in [0.1, 0.15) is 5.82 Å². The van der Waals surface area contributed by atoms with Crippen molar-refractivity contribution in [3.63, 3.8) is 0 Å². The lowest BCUT2D eigenvalue weighted by atomic mass is 10.2. The molecule has 3 N–H and O–H groups in total. The molecule has 2 heterocycles. The molecular weight excluding hydrogens is 304 g/mol. The zero-order valence-corrected chi connectivity index (χ0v) is 13.9. The third-order valence-electron chi connectivity index (χ3n) is 3.94. The van der Waals surface area contributed by atoms with Gasteiger partial charge in [-0.3, -0.25) is 4.68 Å². The van der Waals surface area contributed by atoms with Crippen LogP contribution in [0.15, 0.2) is 36.5 Å². The van der Waals surface area contributed by atoms with Crippen LogP contribution in [-0.2, 0) is 13.6 Å². The molecule has 1 aromatic carbocycles. The Morgan fingerprint density at radius 2 is 2.00 bits per heavy atom. The molecule has 126 valence electrons. The van der Waals surface area contributed by atoms with E-state index in [1.165, 1.54) is 5.56 Å². The van der Waals surface area contributed by atoms with Gasteiger partial charge in [0.15, 0.2) is 5.65 Å². The lowest BCUT2D eigenvalue weighted by molar-refractivity contribution is 0.271. The first-order chi connectivity index (χ1) is 11.7. The number of aryl methyl sites for hydroxylation is 1. The van der Waals surface area contributed by atoms with Crippen LogP contribution >= 0.6 is 0 Å². The predicted octanol–water partition coefficient (Wildman–Crippen LogP) is 2.16. The number of nitrogens with zero attached hydrogens (tertiary/aromatic N) is 4. The number of hydrogen-bond acceptors (Lipinski definition) is 6. The van der Waals surface area contributed by atoms with Gasteiger partial charge in [-0.2, -0.15) is 15.1 Å². The van der Waals surface area contributed by atoms with Crippen molar-refractivity contribution in [3.05, 3.63) is 42.1 Å². The Labute approximate surface area is 140 Å². The molecule has 1 unspecified atom stereocenters. The Balaban J connectivity index is 1.90. The van der Waals surface area contributed by atoms with Gasteiger partial charge in [-0.25, -0.2) is 0 Å². The Morgan fingerprint density at radius 3 is 2.71 bits per heavy atom. The second kappa shape index (κ2) is 7.27. The van der Waals surface area contributed by atoms with Crippen LogP contribution in [-0.4, -0.2) is 37.5 Å². The first-order valence-corrected chi connectivity index (χ1v) is 8.06. The van der Waals surface area contributed by atoms with Gasteiger partial charge >= 0.3 is 0 Å². The van der Waals surface area contributed by atoms with Crippen LogP contribution in [0.3, 0.4) is 0 Å². The van der Waals surface area contributed by atoms with Crippen LogP contribution in [0.4, 0.5) is 11.8 Å². The molecule has 3 aromatic rings. The van der Waals surface area contributed by atoms with Crippen molar-refractivity contribution >= 4 is 22.8 Å². The highest BCUT2D eigenvalue weighted by Gasteiger charge is 2.13. The van der Waals surface area contributed by atoms with Gasteiger partial charge in [0.25, 0.3) is 0 Å². The minimum Gasteiger partial charge on any atom is -0.394 e. The molecule has 0 saturated heterocycles. The van der Waals surface area contributed by atoms with Gasteiger partial charge in [0.2, 0.25) is 5.95 Å². The molecule has 7 nitrogen and oxygen atoms in total. The molecule has 0 spiro atoms. The molecule has 24 heavy (non-hydrogen) atoms. The summed E-state index contributed by atoms with van der Waals surface area (Å²) in [6.07, 6.45) is 2.55. The summed E-state index contributed by atoms with van der Waals surface area (Å²) in [5, 5.41) is 21.1. The lowest BCUT2D eigenvalue weighted by Crippen LogP contribution is -2.24. The Hall–Kier alpha value is -2.67. The zero-order valence-electron chi connectivity index (χ0n) is 13.9. The van der Waals surface area contributed by atoms with Gasteiger partial charge in [-0.05, 0) is 12.0 Å². The third kappa shape index (κ3) is 3.46. The molecule has 0 bridgehead atoms. The minimum absolute atomic E-state index is 0.0378. The van der Waals surface area contributed by atoms with E-state index in [-0.39, 0.29) is 12.6 Å². The van der Waals surface area contributed by atoms with Crippen molar-refractivity contribution in [1.82, 2.24) is 19.7 Å². The van der Waals surface area contributed by atoms with Crippen LogP contribution in [0.25, 0.3) is 11.0 Å². The van der Waals surface area contributed by atoms with Crippen LogP contribution in [0, 0.1) is 0 Å². The van der Waals surface area contributed by atoms with Gasteiger partial charge in [-0.1, -0.05) is 37.3 Å². The van der Waals surface area contributed by atoms with Crippen molar-refractivity contribution in [2.75, 3.05) is 17.2 Å². The lowest BCUT2D eigenvalue weighted by Gasteiger charge is -2.15. The molecule has 0 aliphatic rings. The SMILES string of the molecule is CCC(CO)Nc1nc(NCc2ccccc2)c2cnn(C)c2n1. The van der Waals surface area contributed by atoms with E-state index in [1.54, 1.807) is 10.9 Å². The molecule has 0 aliphatic carbocycles. The van der Waals surface area contributed by atoms with Gasteiger partial charge < -0.3 is 15.7 Å². The summed E-state index contributed by atoms with van der Waals surface area (Å²) in [6.45, 7) is 2.71. The number of benzene rings is 1. The standard InChI is InChI=1S/C17H22N6O/c1-3-13(11-24)20-17-21-15(14-10-19-23(2)16(14)22-17)18-9-12-7-5-4-6-8-12/h4-8,10,13,24H,3,9,11H2,1-2H3,(H2,18,20,21,22). The van der Waals surface area contributed by atoms with Crippen molar-refractivity contribution in [1.29, 1.82) is 0 Å². The Bertz CT molecular complexity index is 797. The third-order valence-corrected chi connectivity index (χ3v) is 3.94. The van der Waals surface area contributed by atoms with E-state index < -0.39 is 0 Å². The molecule has 0 fully saturated rings. The molecule has 0 radical (unpaired) electrons. The van der Waals surface area contributed by atoms with E-state index in [2.05, 4.69) is 37.8 Å². The molecule has 2 aromatic heterocycles. The van der Waals surface area contributed by atoms with Crippen LogP contribution in [0.1, 0.15) is 18.9 Å². The highest BCUT2D eigenvalue weighted by atomic mass is 16.3. The summed E-state index contributed by atoms with van der Waals surface area (Å²) in [7, 11) is 1.85. The maximum atomic E-state index is 9.39. The predicted molar refractivity (Wildman–Crippen MR) is 94.9 cm³/mol. The summed E-state index contributed by atoms with van der Waals surface area (Å²) in [5.74, 6) is 1.22. The fraction of sp³-hybridized carbons (Fsp3) is 0.353. The van der Waals surface area contributed by atoms with Crippen molar-refractivity contribution in [2.45, 2.75) is 25.9 Å². The second-order valence-corrected chi connectivity index (χ2v) is 5.67. The minimum atomic E-state index is -0.0716. The van der Waals surface area contributed by atoms with Gasteiger partial charge in [-0.15, -0.1) is 0 Å². The molecule has 0 amide bonds. The quantitative estimate of drug-likeness (QED) is 0.617. The van der Waals surface area contributed by atoms with E-state index in [0.717, 1.165) is 23.3 Å². The summed E-state index contributed by atoms with van der Waals surface area (Å²) in [6, 6.07) is 10.1. The largest absolute Gasteiger partial charge is 0.394 e. The Morgan fingerprint density at radius 1 is 1.21 bits per heavy atom. The molecule has 1 atom stereocenters. The summed E-state index contributed by atoms with van der Waals surface area (Å²) in [5.41, 5.74) is 1.92. The van der Waals surface area contributed by atoms with Crippen LogP contribution < -0.4 is 10.6 Å². The highest BCUT2D eigenvalue weighted by Crippen LogP contribution is 2.22. The molecular formula is C17H22N6O. The van der Waals surface area contributed by atoms with E-state index in [0.29, 0.717) is 12.5 Å². The van der Waals surface area contributed by atoms with Crippen molar-refractivity contribution in [2.24, 2.45) is 7.05 Å². The maximum Gasteiger partial charge on any atom is 0.227 e. The maximum absolute atomic E-state index is 9.39. The number of hydrogen-bond donors (Lipinski definition) is 3. The number of fused-ring (bicyclic) bond motifs is 1. The molecule has 3 rings (SSSR count). The van der Waals surface area contributed by atoms with Gasteiger partial charge in [0.05, 0.1) is 24.2 Å². The topological polar surface area (TPSA) is 87.9 Å². The second-order valence-electron chi connectivity index (χ2n) is 5.67. The number of anilines is 2. The first kappa shape index (κ1) is 16.2. The normalized spacial score (nSPS) is 12.3.